The molecular formula is C35H26BF4NO. The first-order chi connectivity index (χ1) is 20.3. The molecule has 0 saturated carbocycles. The van der Waals surface area contributed by atoms with Crippen LogP contribution in [0.1, 0.15) is 0 Å². The lowest BCUT2D eigenvalue weighted by atomic mass is 9.98. The third-order valence-electron chi connectivity index (χ3n) is 6.39. The number of hydrogen-bond acceptors (Lipinski definition) is 1. The van der Waals surface area contributed by atoms with Gasteiger partial charge in [-0.2, -0.15) is 4.57 Å². The fraction of sp³-hybridized carbons (Fsp3) is 0. The zero-order valence-electron chi connectivity index (χ0n) is 22.5. The molecule has 0 atom stereocenters. The van der Waals surface area contributed by atoms with Gasteiger partial charge in [0.15, 0.2) is 0 Å². The Hall–Kier alpha value is -5.17. The Labute approximate surface area is 242 Å². The number of para-hydroxylation sites is 1. The van der Waals surface area contributed by atoms with E-state index >= 15 is 0 Å². The highest BCUT2D eigenvalue weighted by Gasteiger charge is 2.25. The molecule has 0 unspecified atom stereocenters. The van der Waals surface area contributed by atoms with Gasteiger partial charge in [-0.15, -0.1) is 0 Å². The van der Waals surface area contributed by atoms with Crippen LogP contribution in [0.2, 0.25) is 0 Å². The molecule has 0 aliphatic heterocycles. The fourth-order valence-corrected chi connectivity index (χ4v) is 4.60. The molecule has 0 radical (unpaired) electrons. The topological polar surface area (TPSA) is 13.1 Å². The molecule has 208 valence electrons. The van der Waals surface area contributed by atoms with Crippen LogP contribution in [0.4, 0.5) is 17.3 Å². The van der Waals surface area contributed by atoms with E-state index < -0.39 is 7.25 Å². The lowest BCUT2D eigenvalue weighted by Gasteiger charge is -2.13. The summed E-state index contributed by atoms with van der Waals surface area (Å²) >= 11 is 0. The van der Waals surface area contributed by atoms with Gasteiger partial charge in [-0.3, -0.25) is 0 Å². The summed E-state index contributed by atoms with van der Waals surface area (Å²) in [5, 5.41) is 0. The Morgan fingerprint density at radius 1 is 0.405 bits per heavy atom. The number of nitrogens with zero attached hydrogens (tertiary/aromatic N) is 1. The van der Waals surface area contributed by atoms with Crippen LogP contribution in [0.25, 0.3) is 39.3 Å². The van der Waals surface area contributed by atoms with Crippen LogP contribution in [0.3, 0.4) is 0 Å². The number of rotatable bonds is 6. The number of ether oxygens (including phenoxy) is 1. The predicted molar refractivity (Wildman–Crippen MR) is 161 cm³/mol. The fourth-order valence-electron chi connectivity index (χ4n) is 4.60. The quantitative estimate of drug-likeness (QED) is 0.112. The second-order valence-corrected chi connectivity index (χ2v) is 9.35. The summed E-state index contributed by atoms with van der Waals surface area (Å²) in [7, 11) is -6.00. The first kappa shape index (κ1) is 28.4. The number of benzene rings is 5. The monoisotopic (exact) mass is 563 g/mol. The van der Waals surface area contributed by atoms with Crippen LogP contribution in [0.5, 0.6) is 11.5 Å². The van der Waals surface area contributed by atoms with Gasteiger partial charge < -0.3 is 22.0 Å². The van der Waals surface area contributed by atoms with Crippen molar-refractivity contribution in [1.82, 2.24) is 0 Å². The summed E-state index contributed by atoms with van der Waals surface area (Å²) in [4.78, 5) is 0. The van der Waals surface area contributed by atoms with E-state index in [2.05, 4.69) is 120 Å². The molecule has 0 fully saturated rings. The summed E-state index contributed by atoms with van der Waals surface area (Å²) in [5.74, 6) is 1.63. The standard InChI is InChI=1S/C35H26NO.BF4/c1-5-13-27(14-6-1)30-25-34(28-15-7-2-8-16-28)36(35(26-30)29-17-9-3-10-18-29)31-21-23-33(24-22-31)37-32-19-11-4-12-20-32;2-1(3,4)5/h1-26H;/q+1;-1. The van der Waals surface area contributed by atoms with Crippen molar-refractivity contribution in [2.24, 2.45) is 0 Å². The van der Waals surface area contributed by atoms with Crippen LogP contribution in [0, 0.1) is 0 Å². The Kier molecular flexibility index (Phi) is 8.78. The SMILES string of the molecule is F[B-](F)(F)F.c1ccc(Oc2ccc(-[n+]3c(-c4ccccc4)cc(-c4ccccc4)cc3-c3ccccc3)cc2)cc1. The summed E-state index contributed by atoms with van der Waals surface area (Å²) in [6.07, 6.45) is 0. The molecule has 1 aromatic heterocycles. The van der Waals surface area contributed by atoms with Gasteiger partial charge in [-0.05, 0) is 59.7 Å². The average molecular weight is 563 g/mol. The van der Waals surface area contributed by atoms with E-state index in [1.54, 1.807) is 0 Å². The molecule has 1 heterocycles. The zero-order valence-corrected chi connectivity index (χ0v) is 22.5. The minimum Gasteiger partial charge on any atom is -0.457 e. The van der Waals surface area contributed by atoms with E-state index in [9.17, 15) is 17.3 Å². The van der Waals surface area contributed by atoms with Crippen molar-refractivity contribution in [2.45, 2.75) is 0 Å². The molecule has 5 aromatic carbocycles. The largest absolute Gasteiger partial charge is 0.673 e. The number of aromatic nitrogens is 1. The highest BCUT2D eigenvalue weighted by molar-refractivity contribution is 6.50. The lowest BCUT2D eigenvalue weighted by molar-refractivity contribution is -0.572. The molecule has 6 rings (SSSR count). The van der Waals surface area contributed by atoms with Gasteiger partial charge in [0.25, 0.3) is 0 Å². The van der Waals surface area contributed by atoms with Crippen LogP contribution < -0.4 is 9.30 Å². The van der Waals surface area contributed by atoms with Crippen molar-refractivity contribution < 1.29 is 26.6 Å². The Balaban J connectivity index is 0.000000652. The lowest BCUT2D eigenvalue weighted by Crippen LogP contribution is -2.36. The minimum atomic E-state index is -6.00. The normalized spacial score (nSPS) is 10.9. The number of halogens is 4. The maximum atomic E-state index is 9.75. The van der Waals surface area contributed by atoms with Gasteiger partial charge in [0.1, 0.15) is 11.5 Å². The highest BCUT2D eigenvalue weighted by atomic mass is 19.5. The first-order valence-electron chi connectivity index (χ1n) is 13.3. The molecule has 42 heavy (non-hydrogen) atoms. The summed E-state index contributed by atoms with van der Waals surface area (Å²) in [5.41, 5.74) is 7.99. The third-order valence-corrected chi connectivity index (χ3v) is 6.39. The molecule has 6 aromatic rings. The van der Waals surface area contributed by atoms with Gasteiger partial charge in [-0.1, -0.05) is 84.9 Å². The molecule has 0 bridgehead atoms. The van der Waals surface area contributed by atoms with Gasteiger partial charge in [-0.25, -0.2) is 0 Å². The van der Waals surface area contributed by atoms with E-state index in [1.165, 1.54) is 11.1 Å². The second-order valence-electron chi connectivity index (χ2n) is 9.35. The molecular weight excluding hydrogens is 537 g/mol. The molecule has 0 spiro atoms. The van der Waals surface area contributed by atoms with Gasteiger partial charge >= 0.3 is 7.25 Å². The van der Waals surface area contributed by atoms with Crippen molar-refractivity contribution in [3.05, 3.63) is 158 Å². The Bertz CT molecular complexity index is 1650. The maximum absolute atomic E-state index is 9.75. The van der Waals surface area contributed by atoms with Crippen LogP contribution in [-0.4, -0.2) is 7.25 Å². The van der Waals surface area contributed by atoms with Gasteiger partial charge in [0, 0.05) is 35.4 Å². The van der Waals surface area contributed by atoms with E-state index in [-0.39, 0.29) is 0 Å². The minimum absolute atomic E-state index is 0.805. The predicted octanol–water partition coefficient (Wildman–Crippen LogP) is 10.1. The van der Waals surface area contributed by atoms with E-state index in [4.69, 9.17) is 4.74 Å². The van der Waals surface area contributed by atoms with E-state index in [0.29, 0.717) is 0 Å². The van der Waals surface area contributed by atoms with Gasteiger partial charge in [0.05, 0.1) is 0 Å². The molecule has 0 amide bonds. The summed E-state index contributed by atoms with van der Waals surface area (Å²) in [6.45, 7) is 0. The van der Waals surface area contributed by atoms with Crippen molar-refractivity contribution in [1.29, 1.82) is 0 Å². The molecule has 0 aliphatic carbocycles. The van der Waals surface area contributed by atoms with E-state index in [0.717, 1.165) is 39.7 Å². The van der Waals surface area contributed by atoms with Crippen molar-refractivity contribution in [2.75, 3.05) is 0 Å². The first-order valence-corrected chi connectivity index (χ1v) is 13.3. The molecule has 0 aliphatic rings. The number of pyridine rings is 1. The van der Waals surface area contributed by atoms with Crippen molar-refractivity contribution >= 4 is 7.25 Å². The van der Waals surface area contributed by atoms with Crippen LogP contribution in [0.15, 0.2) is 158 Å². The number of hydrogen-bond donors (Lipinski definition) is 0. The highest BCUT2D eigenvalue weighted by Crippen LogP contribution is 2.31. The molecule has 7 heteroatoms. The van der Waals surface area contributed by atoms with Crippen LogP contribution in [-0.2, 0) is 0 Å². The van der Waals surface area contributed by atoms with Crippen molar-refractivity contribution in [3.63, 3.8) is 0 Å². The zero-order chi connectivity index (χ0) is 29.4. The van der Waals surface area contributed by atoms with Crippen LogP contribution >= 0.6 is 0 Å². The Morgan fingerprint density at radius 2 is 0.762 bits per heavy atom. The van der Waals surface area contributed by atoms with Crippen molar-refractivity contribution in [3.8, 4) is 50.8 Å². The molecule has 2 nitrogen and oxygen atoms in total. The Morgan fingerprint density at radius 3 is 1.19 bits per heavy atom. The molecule has 0 N–H and O–H groups in total. The molecule has 0 saturated heterocycles. The van der Waals surface area contributed by atoms with Gasteiger partial charge in [0.2, 0.25) is 17.1 Å². The third kappa shape index (κ3) is 7.52. The smallest absolute Gasteiger partial charge is 0.457 e. The second kappa shape index (κ2) is 13.0. The maximum Gasteiger partial charge on any atom is 0.673 e. The summed E-state index contributed by atoms with van der Waals surface area (Å²) in [6, 6.07) is 54.5. The average Bonchev–Trinajstić information content (AvgIpc) is 3.02. The summed E-state index contributed by atoms with van der Waals surface area (Å²) < 4.78 is 47.4. The van der Waals surface area contributed by atoms with E-state index in [1.807, 2.05) is 42.5 Å².